The maximum atomic E-state index is 10.7. The summed E-state index contributed by atoms with van der Waals surface area (Å²) in [6.45, 7) is 2.66. The number of ether oxygens (including phenoxy) is 1. The van der Waals surface area contributed by atoms with Gasteiger partial charge < -0.3 is 14.5 Å². The summed E-state index contributed by atoms with van der Waals surface area (Å²) in [5.74, 6) is -0.468. The van der Waals surface area contributed by atoms with Crippen LogP contribution < -0.4 is 10.2 Å². The Bertz CT molecular complexity index is 660. The molecule has 0 saturated carbocycles. The van der Waals surface area contributed by atoms with Crippen molar-refractivity contribution in [2.75, 3.05) is 0 Å². The monoisotopic (exact) mass is 270 g/mol. The Morgan fingerprint density at radius 3 is 2.85 bits per heavy atom. The lowest BCUT2D eigenvalue weighted by Gasteiger charge is -2.06. The predicted octanol–water partition coefficient (Wildman–Crippen LogP) is 1.33. The molecule has 2 heterocycles. The van der Waals surface area contributed by atoms with E-state index in [0.29, 0.717) is 12.4 Å². The minimum Gasteiger partial charge on any atom is -0.478 e. The quantitative estimate of drug-likeness (QED) is 0.847. The van der Waals surface area contributed by atoms with E-state index in [0.717, 1.165) is 11.0 Å². The summed E-state index contributed by atoms with van der Waals surface area (Å²) in [6, 6.07) is 5.77. The lowest BCUT2D eigenvalue weighted by Crippen LogP contribution is -2.23. The molecule has 0 unspecified atom stereocenters. The zero-order valence-corrected chi connectivity index (χ0v) is 10.7. The van der Waals surface area contributed by atoms with Crippen molar-refractivity contribution in [1.29, 1.82) is 0 Å². The summed E-state index contributed by atoms with van der Waals surface area (Å²) in [5, 5.41) is 8.76. The van der Waals surface area contributed by atoms with Crippen LogP contribution in [0.1, 0.15) is 15.9 Å². The number of hydrogen-bond acceptors (Lipinski definition) is 5. The van der Waals surface area contributed by atoms with Crippen molar-refractivity contribution in [3.05, 3.63) is 41.7 Å². The second kappa shape index (κ2) is 4.94. The van der Waals surface area contributed by atoms with E-state index in [1.807, 2.05) is 25.0 Å². The Morgan fingerprint density at radius 2 is 2.15 bits per heavy atom. The highest BCUT2D eigenvalue weighted by Crippen LogP contribution is 2.21. The van der Waals surface area contributed by atoms with E-state index in [1.165, 1.54) is 12.4 Å². The number of hydrogen-bond donors (Lipinski definition) is 1. The Kier molecular flexibility index (Phi) is 3.11. The summed E-state index contributed by atoms with van der Waals surface area (Å²) in [7, 11) is 0. The van der Waals surface area contributed by atoms with Gasteiger partial charge >= 0.3 is 18.9 Å². The van der Waals surface area contributed by atoms with Crippen LogP contribution in [0.15, 0.2) is 30.6 Å². The largest absolute Gasteiger partial charge is 0.478 e. The van der Waals surface area contributed by atoms with E-state index >= 15 is 0 Å². The third-order valence-electron chi connectivity index (χ3n) is 3.13. The number of carbonyl (C=O) groups is 1. The summed E-state index contributed by atoms with van der Waals surface area (Å²) in [5.41, 5.74) is 2.25. The molecule has 1 aliphatic heterocycles. The molecule has 0 spiro atoms. The van der Waals surface area contributed by atoms with E-state index in [2.05, 4.69) is 9.97 Å². The van der Waals surface area contributed by atoms with Gasteiger partial charge in [-0.25, -0.2) is 14.8 Å². The second-order valence-electron chi connectivity index (χ2n) is 4.48. The van der Waals surface area contributed by atoms with Crippen LogP contribution in [0.4, 0.5) is 0 Å². The summed E-state index contributed by atoms with van der Waals surface area (Å²) >= 11 is 0. The van der Waals surface area contributed by atoms with Gasteiger partial charge in [-0.1, -0.05) is 12.9 Å². The number of benzene rings is 1. The lowest BCUT2D eigenvalue weighted by atomic mass is 9.64. The maximum Gasteiger partial charge on any atom is 0.338 e. The summed E-state index contributed by atoms with van der Waals surface area (Å²) in [4.78, 5) is 18.4. The third-order valence-corrected chi connectivity index (χ3v) is 3.13. The predicted molar refractivity (Wildman–Crippen MR) is 71.5 cm³/mol. The van der Waals surface area contributed by atoms with E-state index in [4.69, 9.17) is 14.5 Å². The van der Waals surface area contributed by atoms with Crippen molar-refractivity contribution in [2.45, 2.75) is 13.4 Å². The smallest absolute Gasteiger partial charge is 0.338 e. The molecule has 1 aromatic carbocycles. The van der Waals surface area contributed by atoms with Crippen molar-refractivity contribution in [3.8, 4) is 11.8 Å². The number of rotatable bonds is 3. The van der Waals surface area contributed by atoms with Gasteiger partial charge in [-0.2, -0.15) is 0 Å². The average Bonchev–Trinajstić information content (AvgIpc) is 2.81. The van der Waals surface area contributed by atoms with E-state index < -0.39 is 5.97 Å². The van der Waals surface area contributed by atoms with Gasteiger partial charge in [0.1, 0.15) is 5.75 Å². The number of aromatic nitrogens is 2. The Morgan fingerprint density at radius 1 is 1.40 bits per heavy atom. The molecule has 100 valence electrons. The molecular weight excluding hydrogens is 259 g/mol. The SMILES string of the molecule is CB1OCc2cc(Oc3ncc(C(=O)O)cn3)ccc21. The molecule has 0 amide bonds. The standard InChI is InChI=1S/C13H11BN2O4/c1-14-11-3-2-10(4-8(11)7-19-14)20-13-15-5-9(6-16-13)12(17)18/h2-6H,7H2,1H3,(H,17,18). The molecule has 7 heteroatoms. The number of nitrogens with zero attached hydrogens (tertiary/aromatic N) is 2. The molecule has 0 aliphatic carbocycles. The fourth-order valence-corrected chi connectivity index (χ4v) is 2.06. The Labute approximate surface area is 115 Å². The van der Waals surface area contributed by atoms with Crippen molar-refractivity contribution in [2.24, 2.45) is 0 Å². The molecule has 1 aromatic heterocycles. The molecule has 0 saturated heterocycles. The highest BCUT2D eigenvalue weighted by atomic mass is 16.5. The molecule has 0 fully saturated rings. The molecule has 3 rings (SSSR count). The van der Waals surface area contributed by atoms with Crippen LogP contribution in [0.25, 0.3) is 0 Å². The van der Waals surface area contributed by atoms with Gasteiger partial charge in [0, 0.05) is 12.4 Å². The summed E-state index contributed by atoms with van der Waals surface area (Å²) in [6.07, 6.45) is 2.42. The molecule has 2 aromatic rings. The normalized spacial score (nSPS) is 13.2. The first-order valence-corrected chi connectivity index (χ1v) is 6.11. The zero-order chi connectivity index (χ0) is 14.1. The van der Waals surface area contributed by atoms with E-state index in [1.54, 1.807) is 0 Å². The number of aromatic carboxylic acids is 1. The van der Waals surface area contributed by atoms with Crippen molar-refractivity contribution >= 4 is 18.3 Å². The van der Waals surface area contributed by atoms with Crippen LogP contribution >= 0.6 is 0 Å². The van der Waals surface area contributed by atoms with Crippen LogP contribution in [0.2, 0.25) is 6.82 Å². The molecular formula is C13H11BN2O4. The zero-order valence-electron chi connectivity index (χ0n) is 10.7. The van der Waals surface area contributed by atoms with Crippen molar-refractivity contribution in [3.63, 3.8) is 0 Å². The second-order valence-corrected chi connectivity index (χ2v) is 4.48. The van der Waals surface area contributed by atoms with Crippen LogP contribution in [0.3, 0.4) is 0 Å². The highest BCUT2D eigenvalue weighted by molar-refractivity contribution is 6.67. The van der Waals surface area contributed by atoms with Crippen LogP contribution in [0, 0.1) is 0 Å². The molecule has 1 N–H and O–H groups in total. The minimum atomic E-state index is -1.07. The summed E-state index contributed by atoms with van der Waals surface area (Å²) < 4.78 is 11.0. The molecule has 20 heavy (non-hydrogen) atoms. The Hall–Kier alpha value is -2.41. The van der Waals surface area contributed by atoms with Crippen LogP contribution in [-0.4, -0.2) is 28.0 Å². The first-order chi connectivity index (χ1) is 9.63. The van der Waals surface area contributed by atoms with Gasteiger partial charge in [-0.15, -0.1) is 0 Å². The molecule has 0 atom stereocenters. The van der Waals surface area contributed by atoms with E-state index in [-0.39, 0.29) is 18.5 Å². The van der Waals surface area contributed by atoms with Gasteiger partial charge in [0.15, 0.2) is 0 Å². The van der Waals surface area contributed by atoms with Gasteiger partial charge in [0.05, 0.1) is 12.2 Å². The molecule has 0 radical (unpaired) electrons. The highest BCUT2D eigenvalue weighted by Gasteiger charge is 2.23. The van der Waals surface area contributed by atoms with Gasteiger partial charge in [-0.05, 0) is 23.2 Å². The number of carboxylic acids is 1. The minimum absolute atomic E-state index is 0.0218. The number of carboxylic acid groups (broad SMARTS) is 1. The van der Waals surface area contributed by atoms with E-state index in [9.17, 15) is 4.79 Å². The molecule has 0 bridgehead atoms. The third kappa shape index (κ3) is 2.35. The molecule has 1 aliphatic rings. The fourth-order valence-electron chi connectivity index (χ4n) is 2.06. The Balaban J connectivity index is 1.79. The molecule has 6 nitrogen and oxygen atoms in total. The lowest BCUT2D eigenvalue weighted by molar-refractivity contribution is 0.0696. The maximum absolute atomic E-state index is 10.7. The topological polar surface area (TPSA) is 81.5 Å². The van der Waals surface area contributed by atoms with Crippen molar-refractivity contribution < 1.29 is 19.3 Å². The number of fused-ring (bicyclic) bond motifs is 1. The average molecular weight is 270 g/mol. The van der Waals surface area contributed by atoms with Gasteiger partial charge in [0.25, 0.3) is 0 Å². The van der Waals surface area contributed by atoms with Crippen LogP contribution in [0.5, 0.6) is 11.8 Å². The first kappa shape index (κ1) is 12.6. The van der Waals surface area contributed by atoms with Gasteiger partial charge in [-0.3, -0.25) is 0 Å². The van der Waals surface area contributed by atoms with Gasteiger partial charge in [0.2, 0.25) is 0 Å². The van der Waals surface area contributed by atoms with Crippen LogP contribution in [-0.2, 0) is 11.3 Å². The fraction of sp³-hybridized carbons (Fsp3) is 0.154. The van der Waals surface area contributed by atoms with Crippen molar-refractivity contribution in [1.82, 2.24) is 9.97 Å². The first-order valence-electron chi connectivity index (χ1n) is 6.11.